The molecule has 6 nitrogen and oxygen atoms in total. The number of halogens is 4. The van der Waals surface area contributed by atoms with Gasteiger partial charge >= 0.3 is 6.18 Å². The van der Waals surface area contributed by atoms with Gasteiger partial charge in [-0.2, -0.15) is 23.4 Å². The largest absolute Gasteiger partial charge is 0.435 e. The number of rotatable bonds is 6. The summed E-state index contributed by atoms with van der Waals surface area (Å²) in [5.41, 5.74) is 0.985. The molecule has 0 spiro atoms. The molecule has 1 aromatic carbocycles. The first-order chi connectivity index (χ1) is 14.2. The van der Waals surface area contributed by atoms with Gasteiger partial charge in [0.25, 0.3) is 0 Å². The lowest BCUT2D eigenvalue weighted by molar-refractivity contribution is -0.141. The molecule has 0 aliphatic heterocycles. The Morgan fingerprint density at radius 2 is 2.10 bits per heavy atom. The molecule has 1 N–H and O–H groups in total. The molecule has 1 amide bonds. The Hall–Kier alpha value is -2.62. The van der Waals surface area contributed by atoms with Gasteiger partial charge in [0.05, 0.1) is 17.2 Å². The van der Waals surface area contributed by atoms with Crippen LogP contribution in [0.15, 0.2) is 47.2 Å². The number of anilines is 1. The quantitative estimate of drug-likeness (QED) is 0.539. The van der Waals surface area contributed by atoms with Gasteiger partial charge in [0.2, 0.25) is 5.91 Å². The van der Waals surface area contributed by atoms with Crippen molar-refractivity contribution < 1.29 is 18.0 Å². The highest BCUT2D eigenvalue weighted by Gasteiger charge is 2.39. The Kier molecular flexibility index (Phi) is 5.44. The number of hydrogen-bond donors (Lipinski definition) is 1. The monoisotopic (exact) mass is 481 g/mol. The minimum absolute atomic E-state index is 0.0283. The van der Waals surface area contributed by atoms with E-state index in [1.165, 1.54) is 4.68 Å². The minimum atomic E-state index is -4.54. The molecule has 1 unspecified atom stereocenters. The highest BCUT2D eigenvalue weighted by Crippen LogP contribution is 2.43. The van der Waals surface area contributed by atoms with Crippen molar-refractivity contribution in [3.05, 3.63) is 64.1 Å². The van der Waals surface area contributed by atoms with Crippen molar-refractivity contribution in [1.29, 1.82) is 0 Å². The van der Waals surface area contributed by atoms with Crippen LogP contribution in [0.2, 0.25) is 0 Å². The summed E-state index contributed by atoms with van der Waals surface area (Å²) >= 11 is 3.35. The van der Waals surface area contributed by atoms with Crippen molar-refractivity contribution in [2.75, 3.05) is 5.32 Å². The Balaban J connectivity index is 1.50. The lowest BCUT2D eigenvalue weighted by Gasteiger charge is -2.16. The van der Waals surface area contributed by atoms with Crippen LogP contribution in [0.5, 0.6) is 0 Å². The van der Waals surface area contributed by atoms with Crippen molar-refractivity contribution in [3.8, 4) is 0 Å². The third kappa shape index (κ3) is 4.58. The van der Waals surface area contributed by atoms with Gasteiger partial charge in [-0.3, -0.25) is 14.2 Å². The Morgan fingerprint density at radius 3 is 2.73 bits per heavy atom. The maximum absolute atomic E-state index is 13.1. The third-order valence-corrected chi connectivity index (χ3v) is 5.35. The maximum Gasteiger partial charge on any atom is 0.435 e. The summed E-state index contributed by atoms with van der Waals surface area (Å²) < 4.78 is 43.2. The van der Waals surface area contributed by atoms with Crippen molar-refractivity contribution in [1.82, 2.24) is 19.6 Å². The first-order valence-corrected chi connectivity index (χ1v) is 10.2. The van der Waals surface area contributed by atoms with E-state index in [0.29, 0.717) is 17.9 Å². The van der Waals surface area contributed by atoms with Crippen molar-refractivity contribution in [2.45, 2.75) is 44.4 Å². The van der Waals surface area contributed by atoms with E-state index in [9.17, 15) is 18.0 Å². The fourth-order valence-electron chi connectivity index (χ4n) is 3.26. The number of carbonyl (C=O) groups is 1. The number of nitrogens with one attached hydrogen (secondary N) is 1. The lowest BCUT2D eigenvalue weighted by atomic mass is 10.2. The van der Waals surface area contributed by atoms with E-state index in [0.717, 1.165) is 28.9 Å². The normalized spacial score (nSPS) is 15.2. The summed E-state index contributed by atoms with van der Waals surface area (Å²) in [6, 6.07) is 7.44. The number of aromatic nitrogens is 4. The average molecular weight is 482 g/mol. The molecule has 0 saturated heterocycles. The molecule has 1 fully saturated rings. The first-order valence-electron chi connectivity index (χ1n) is 9.45. The topological polar surface area (TPSA) is 64.7 Å². The molecule has 2 aromatic heterocycles. The molecule has 158 valence electrons. The summed E-state index contributed by atoms with van der Waals surface area (Å²) in [6.07, 6.45) is 0.597. The average Bonchev–Trinajstić information content (AvgIpc) is 3.28. The summed E-state index contributed by atoms with van der Waals surface area (Å²) in [7, 11) is 0. The first kappa shape index (κ1) is 20.6. The Bertz CT molecular complexity index is 1070. The van der Waals surface area contributed by atoms with Crippen LogP contribution in [0.3, 0.4) is 0 Å². The SMILES string of the molecule is CC(C(=O)Nc1cccc(Cn2cc(Br)cn2)c1)n1nc(C(F)(F)F)cc1C1CC1. The molecule has 1 atom stereocenters. The van der Waals surface area contributed by atoms with Crippen LogP contribution in [-0.4, -0.2) is 25.5 Å². The van der Waals surface area contributed by atoms with Crippen LogP contribution in [0, 0.1) is 0 Å². The minimum Gasteiger partial charge on any atom is -0.324 e. The standard InChI is InChI=1S/C20H19BrF3N5O/c1-12(29-17(14-5-6-14)8-18(27-29)20(22,23)24)19(30)26-16-4-2-3-13(7-16)10-28-11-15(21)9-25-28/h2-4,7-9,11-12,14H,5-6,10H2,1H3,(H,26,30). The van der Waals surface area contributed by atoms with Gasteiger partial charge in [-0.15, -0.1) is 0 Å². The predicted octanol–water partition coefficient (Wildman–Crippen LogP) is 4.99. The fourth-order valence-corrected chi connectivity index (χ4v) is 3.59. The van der Waals surface area contributed by atoms with Gasteiger partial charge in [0.15, 0.2) is 5.69 Å². The number of hydrogen-bond acceptors (Lipinski definition) is 3. The van der Waals surface area contributed by atoms with Crippen LogP contribution < -0.4 is 5.32 Å². The molecular formula is C20H19BrF3N5O. The van der Waals surface area contributed by atoms with Gasteiger partial charge in [-0.1, -0.05) is 12.1 Å². The number of alkyl halides is 3. The van der Waals surface area contributed by atoms with Gasteiger partial charge in [0.1, 0.15) is 6.04 Å². The molecule has 10 heteroatoms. The number of carbonyl (C=O) groups excluding carboxylic acids is 1. The van der Waals surface area contributed by atoms with E-state index in [1.807, 2.05) is 18.3 Å². The molecule has 0 radical (unpaired) electrons. The second kappa shape index (κ2) is 7.90. The zero-order valence-corrected chi connectivity index (χ0v) is 17.6. The molecule has 1 saturated carbocycles. The zero-order chi connectivity index (χ0) is 21.5. The van der Waals surface area contributed by atoms with Gasteiger partial charge in [0, 0.05) is 23.5 Å². The Morgan fingerprint density at radius 1 is 1.33 bits per heavy atom. The number of nitrogens with zero attached hydrogens (tertiary/aromatic N) is 4. The Labute approximate surface area is 179 Å². The lowest BCUT2D eigenvalue weighted by Crippen LogP contribution is -2.26. The van der Waals surface area contributed by atoms with Crippen molar-refractivity contribution in [2.24, 2.45) is 0 Å². The van der Waals surface area contributed by atoms with Gasteiger partial charge < -0.3 is 5.32 Å². The molecular weight excluding hydrogens is 463 g/mol. The highest BCUT2D eigenvalue weighted by atomic mass is 79.9. The van der Waals surface area contributed by atoms with Gasteiger partial charge in [-0.25, -0.2) is 0 Å². The highest BCUT2D eigenvalue weighted by molar-refractivity contribution is 9.10. The molecule has 1 aliphatic carbocycles. The van der Waals surface area contributed by atoms with E-state index in [4.69, 9.17) is 0 Å². The molecule has 3 aromatic rings. The van der Waals surface area contributed by atoms with E-state index < -0.39 is 23.8 Å². The maximum atomic E-state index is 13.1. The number of amides is 1. The summed E-state index contributed by atoms with van der Waals surface area (Å²) in [5, 5.41) is 10.7. The van der Waals surface area contributed by atoms with Crippen LogP contribution in [0.4, 0.5) is 18.9 Å². The molecule has 2 heterocycles. The summed E-state index contributed by atoms with van der Waals surface area (Å²) in [5.74, 6) is -0.395. The van der Waals surface area contributed by atoms with Crippen LogP contribution in [-0.2, 0) is 17.5 Å². The summed E-state index contributed by atoms with van der Waals surface area (Å²) in [6.45, 7) is 2.07. The van der Waals surface area contributed by atoms with E-state index in [-0.39, 0.29) is 5.92 Å². The van der Waals surface area contributed by atoms with Crippen LogP contribution >= 0.6 is 15.9 Å². The van der Waals surface area contributed by atoms with E-state index in [2.05, 4.69) is 31.4 Å². The van der Waals surface area contributed by atoms with Crippen molar-refractivity contribution >= 4 is 27.5 Å². The van der Waals surface area contributed by atoms with E-state index in [1.54, 1.807) is 29.9 Å². The predicted molar refractivity (Wildman–Crippen MR) is 108 cm³/mol. The molecule has 0 bridgehead atoms. The second-order valence-corrected chi connectivity index (χ2v) is 8.31. The third-order valence-electron chi connectivity index (χ3n) is 4.94. The molecule has 4 rings (SSSR count). The summed E-state index contributed by atoms with van der Waals surface area (Å²) in [4.78, 5) is 12.8. The number of benzene rings is 1. The van der Waals surface area contributed by atoms with Crippen molar-refractivity contribution in [3.63, 3.8) is 0 Å². The van der Waals surface area contributed by atoms with Crippen LogP contribution in [0.25, 0.3) is 0 Å². The van der Waals surface area contributed by atoms with Crippen LogP contribution in [0.1, 0.15) is 48.7 Å². The van der Waals surface area contributed by atoms with Gasteiger partial charge in [-0.05, 0) is 59.5 Å². The second-order valence-electron chi connectivity index (χ2n) is 7.39. The zero-order valence-electron chi connectivity index (χ0n) is 16.0. The smallest absolute Gasteiger partial charge is 0.324 e. The van der Waals surface area contributed by atoms with E-state index >= 15 is 0 Å². The fraction of sp³-hybridized carbons (Fsp3) is 0.350. The molecule has 1 aliphatic rings. The molecule has 30 heavy (non-hydrogen) atoms.